The fraction of sp³-hybridized carbons (Fsp3) is 0.571. The van der Waals surface area contributed by atoms with Gasteiger partial charge in [-0.25, -0.2) is 28.5 Å². The van der Waals surface area contributed by atoms with Crippen LogP contribution in [0.2, 0.25) is 0 Å². The van der Waals surface area contributed by atoms with Crippen LogP contribution in [0.5, 0.6) is 0 Å². The van der Waals surface area contributed by atoms with Gasteiger partial charge in [-0.05, 0) is 50.3 Å². The number of pyridine rings is 1. The number of carboxylic acids is 1. The van der Waals surface area contributed by atoms with Crippen molar-refractivity contribution in [2.75, 3.05) is 12.0 Å². The van der Waals surface area contributed by atoms with Crippen LogP contribution in [0.4, 0.5) is 8.78 Å². The van der Waals surface area contributed by atoms with Crippen LogP contribution in [-0.4, -0.2) is 48.7 Å². The van der Waals surface area contributed by atoms with Crippen molar-refractivity contribution in [3.63, 3.8) is 0 Å². The molecular formula is C35H50F2N6O2S. The predicted octanol–water partition coefficient (Wildman–Crippen LogP) is 9.87. The Morgan fingerprint density at radius 3 is 2.28 bits per heavy atom. The van der Waals surface area contributed by atoms with Gasteiger partial charge in [0.15, 0.2) is 10.8 Å². The zero-order valence-electron chi connectivity index (χ0n) is 27.4. The minimum absolute atomic E-state index is 0.0596. The van der Waals surface area contributed by atoms with Gasteiger partial charge in [0.1, 0.15) is 0 Å². The largest absolute Gasteiger partial charge is 0.478 e. The van der Waals surface area contributed by atoms with Gasteiger partial charge in [-0.2, -0.15) is 0 Å². The molecule has 11 heteroatoms. The summed E-state index contributed by atoms with van der Waals surface area (Å²) in [4.78, 5) is 27.5. The second-order valence-corrected chi connectivity index (χ2v) is 12.6. The normalized spacial score (nSPS) is 11.2. The highest BCUT2D eigenvalue weighted by atomic mass is 32.1. The molecule has 0 radical (unpaired) electrons. The minimum atomic E-state index is -2.14. The summed E-state index contributed by atoms with van der Waals surface area (Å²) in [7, 11) is 0. The molecule has 0 amide bonds. The summed E-state index contributed by atoms with van der Waals surface area (Å²) in [5.74, 6) is -0.550. The first-order chi connectivity index (χ1) is 22.4. The van der Waals surface area contributed by atoms with Crippen molar-refractivity contribution in [3.05, 3.63) is 59.1 Å². The van der Waals surface area contributed by atoms with Crippen LogP contribution >= 0.6 is 11.3 Å². The van der Waals surface area contributed by atoms with E-state index in [-0.39, 0.29) is 12.0 Å². The smallest absolute Gasteiger partial charge is 0.339 e. The highest BCUT2D eigenvalue weighted by Gasteiger charge is 2.12. The number of carboxylic acid groups (broad SMARTS) is 1. The van der Waals surface area contributed by atoms with Crippen LogP contribution in [-0.2, 0) is 6.42 Å². The van der Waals surface area contributed by atoms with Crippen molar-refractivity contribution in [1.29, 1.82) is 0 Å². The summed E-state index contributed by atoms with van der Waals surface area (Å²) in [5, 5.41) is 11.3. The van der Waals surface area contributed by atoms with Crippen LogP contribution < -0.4 is 5.43 Å². The molecule has 0 spiro atoms. The van der Waals surface area contributed by atoms with Gasteiger partial charge in [-0.1, -0.05) is 77.6 Å². The van der Waals surface area contributed by atoms with Gasteiger partial charge >= 0.3 is 5.97 Å². The first kappa shape index (κ1) is 37.0. The number of hydrogen-bond donors (Lipinski definition) is 2. The molecule has 0 aliphatic rings. The van der Waals surface area contributed by atoms with Crippen molar-refractivity contribution in [3.8, 4) is 10.8 Å². The van der Waals surface area contributed by atoms with Gasteiger partial charge in [0.2, 0.25) is 6.43 Å². The Kier molecular flexibility index (Phi) is 17.2. The Hall–Kier alpha value is -3.47. The monoisotopic (exact) mass is 656 g/mol. The lowest BCUT2D eigenvalue weighted by Gasteiger charge is -2.09. The quantitative estimate of drug-likeness (QED) is 0.0860. The first-order valence-corrected chi connectivity index (χ1v) is 17.7. The van der Waals surface area contributed by atoms with E-state index in [1.54, 1.807) is 13.1 Å². The Morgan fingerprint density at radius 1 is 0.935 bits per heavy atom. The highest BCUT2D eigenvalue weighted by Crippen LogP contribution is 2.21. The van der Waals surface area contributed by atoms with Crippen molar-refractivity contribution < 1.29 is 18.7 Å². The Labute approximate surface area is 276 Å². The van der Waals surface area contributed by atoms with Crippen LogP contribution in [0.3, 0.4) is 0 Å². The number of carbonyl (C=O) groups is 1. The number of alkyl halides is 2. The number of nitrogens with zero attached hydrogens (tertiary/aromatic N) is 5. The molecule has 0 unspecified atom stereocenters. The second kappa shape index (κ2) is 21.3. The molecule has 4 aromatic rings. The molecule has 4 heterocycles. The SMILES string of the molecule is CCCCCCCCCNn1cc(CCCCCCCCCC(F)F)c2ncccc21.Cc1nc(-c2nccs2)ncc1C(=O)O. The summed E-state index contributed by atoms with van der Waals surface area (Å²) in [6.45, 7) is 4.90. The van der Waals surface area contributed by atoms with E-state index in [1.165, 1.54) is 86.4 Å². The van der Waals surface area contributed by atoms with Crippen molar-refractivity contribution in [2.24, 2.45) is 0 Å². The number of aryl methyl sites for hydroxylation is 2. The van der Waals surface area contributed by atoms with E-state index in [9.17, 15) is 13.6 Å². The third-order valence-electron chi connectivity index (χ3n) is 7.90. The van der Waals surface area contributed by atoms with Crippen molar-refractivity contribution in [2.45, 2.75) is 123 Å². The van der Waals surface area contributed by atoms with Crippen LogP contribution in [0, 0.1) is 6.92 Å². The number of aromatic nitrogens is 5. The lowest BCUT2D eigenvalue weighted by atomic mass is 10.0. The summed E-state index contributed by atoms with van der Waals surface area (Å²) in [6, 6.07) is 4.15. The van der Waals surface area contributed by atoms with Gasteiger partial charge in [0.25, 0.3) is 0 Å². The number of hydrogen-bond acceptors (Lipinski definition) is 7. The predicted molar refractivity (Wildman–Crippen MR) is 183 cm³/mol. The maximum absolute atomic E-state index is 12.1. The number of thiazole rings is 1. The number of rotatable bonds is 21. The number of fused-ring (bicyclic) bond motifs is 1. The molecule has 0 aliphatic carbocycles. The lowest BCUT2D eigenvalue weighted by molar-refractivity contribution is 0.0695. The van der Waals surface area contributed by atoms with E-state index < -0.39 is 12.4 Å². The Bertz CT molecular complexity index is 1410. The molecule has 0 aliphatic heterocycles. The minimum Gasteiger partial charge on any atom is -0.478 e. The third kappa shape index (κ3) is 13.1. The fourth-order valence-corrected chi connectivity index (χ4v) is 5.91. The molecule has 0 atom stereocenters. The number of aromatic carboxylic acids is 1. The van der Waals surface area contributed by atoms with Crippen LogP contribution in [0.15, 0.2) is 42.3 Å². The van der Waals surface area contributed by atoms with Crippen LogP contribution in [0.25, 0.3) is 21.9 Å². The van der Waals surface area contributed by atoms with E-state index in [2.05, 4.69) is 49.2 Å². The zero-order valence-corrected chi connectivity index (χ0v) is 28.2. The topological polar surface area (TPSA) is 106 Å². The van der Waals surface area contributed by atoms with Gasteiger partial charge in [0.05, 0.1) is 22.3 Å². The molecule has 0 fully saturated rings. The first-order valence-electron chi connectivity index (χ1n) is 16.8. The Balaban J connectivity index is 0.000000318. The van der Waals surface area contributed by atoms with E-state index in [1.807, 2.05) is 17.6 Å². The molecule has 0 saturated heterocycles. The highest BCUT2D eigenvalue weighted by molar-refractivity contribution is 7.13. The Morgan fingerprint density at radius 2 is 1.63 bits per heavy atom. The van der Waals surface area contributed by atoms with E-state index in [0.29, 0.717) is 22.9 Å². The second-order valence-electron chi connectivity index (χ2n) is 11.7. The molecular weight excluding hydrogens is 606 g/mol. The third-order valence-corrected chi connectivity index (χ3v) is 8.67. The maximum Gasteiger partial charge on any atom is 0.339 e. The lowest BCUT2D eigenvalue weighted by Crippen LogP contribution is -2.14. The van der Waals surface area contributed by atoms with Gasteiger partial charge in [-0.15, -0.1) is 11.3 Å². The summed E-state index contributed by atoms with van der Waals surface area (Å²) in [5.41, 5.74) is 7.74. The fourth-order valence-electron chi connectivity index (χ4n) is 5.33. The molecule has 8 nitrogen and oxygen atoms in total. The zero-order chi connectivity index (χ0) is 33.0. The van der Waals surface area contributed by atoms with E-state index in [0.717, 1.165) is 44.2 Å². The van der Waals surface area contributed by atoms with Gasteiger partial charge in [-0.3, -0.25) is 9.66 Å². The van der Waals surface area contributed by atoms with Crippen molar-refractivity contribution in [1.82, 2.24) is 24.6 Å². The molecule has 4 aromatic heterocycles. The average Bonchev–Trinajstić information content (AvgIpc) is 3.71. The van der Waals surface area contributed by atoms with Gasteiger partial charge in [0, 0.05) is 43.1 Å². The molecule has 252 valence electrons. The number of nitrogens with one attached hydrogen (secondary N) is 1. The molecule has 4 rings (SSSR count). The van der Waals surface area contributed by atoms with E-state index in [4.69, 9.17) is 5.11 Å². The number of unbranched alkanes of at least 4 members (excludes halogenated alkanes) is 12. The molecule has 0 aromatic carbocycles. The van der Waals surface area contributed by atoms with Gasteiger partial charge < -0.3 is 10.5 Å². The maximum atomic E-state index is 12.1. The van der Waals surface area contributed by atoms with Crippen LogP contribution in [0.1, 0.15) is 125 Å². The van der Waals surface area contributed by atoms with Crippen molar-refractivity contribution >= 4 is 28.3 Å². The number of halogens is 2. The molecule has 2 N–H and O–H groups in total. The summed E-state index contributed by atoms with van der Waals surface area (Å²) < 4.78 is 26.4. The molecule has 0 saturated carbocycles. The molecule has 0 bridgehead atoms. The summed E-state index contributed by atoms with van der Waals surface area (Å²) >= 11 is 1.42. The molecule has 46 heavy (non-hydrogen) atoms. The average molecular weight is 657 g/mol. The summed E-state index contributed by atoms with van der Waals surface area (Å²) in [6.07, 6.45) is 22.7. The van der Waals surface area contributed by atoms with E-state index >= 15 is 0 Å². The standard InChI is InChI=1S/C26H43F2N3.C9H7N3O2S/c1-2-3-4-5-9-12-15-21-30-31-22-23(26-24(31)18-16-20-29-26)17-13-10-7-6-8-11-14-19-25(27)28;1-5-6(9(13)14)4-11-7(12-5)8-10-2-3-15-8/h16,18,20,22,25,30H,2-15,17,19,21H2,1H3;2-4H,1H3,(H,13,14).